The van der Waals surface area contributed by atoms with Gasteiger partial charge < -0.3 is 19.5 Å². The molecule has 0 bridgehead atoms. The fraction of sp³-hybridized carbons (Fsp3) is 0.344. The molecule has 1 aliphatic heterocycles. The van der Waals surface area contributed by atoms with E-state index in [1.54, 1.807) is 14.2 Å². The molecule has 0 radical (unpaired) electrons. The molecule has 1 saturated heterocycles. The molecule has 4 aromatic rings. The normalized spacial score (nSPS) is 15.4. The van der Waals surface area contributed by atoms with E-state index in [2.05, 4.69) is 43.4 Å². The smallest absolute Gasteiger partial charge is 0.138 e. The second-order valence-electron chi connectivity index (χ2n) is 10.1. The molecule has 1 aromatic heterocycles. The number of hydrogen-bond donors (Lipinski definition) is 1. The molecule has 198 valence electrons. The monoisotopic (exact) mass is 530 g/mol. The van der Waals surface area contributed by atoms with Gasteiger partial charge in [-0.15, -0.1) is 0 Å². The number of nitrogens with zero attached hydrogens (tertiary/aromatic N) is 1. The third-order valence-electron chi connectivity index (χ3n) is 7.26. The van der Waals surface area contributed by atoms with E-state index in [1.165, 1.54) is 30.4 Å². The van der Waals surface area contributed by atoms with Crippen molar-refractivity contribution in [2.24, 2.45) is 0 Å². The second-order valence-corrected chi connectivity index (χ2v) is 10.5. The lowest BCUT2D eigenvalue weighted by Crippen LogP contribution is -2.35. The van der Waals surface area contributed by atoms with Gasteiger partial charge in [-0.2, -0.15) is 0 Å². The predicted molar refractivity (Wildman–Crippen MR) is 156 cm³/mol. The molecule has 0 saturated carbocycles. The van der Waals surface area contributed by atoms with E-state index in [0.29, 0.717) is 17.7 Å². The Bertz CT molecular complexity index is 1430. The van der Waals surface area contributed by atoms with Gasteiger partial charge in [-0.05, 0) is 75.5 Å². The number of rotatable bonds is 8. The van der Waals surface area contributed by atoms with Crippen LogP contribution in [-0.4, -0.2) is 38.4 Å². The minimum atomic E-state index is 0.493. The number of aryl methyl sites for hydroxylation is 2. The molecule has 5 rings (SSSR count). The summed E-state index contributed by atoms with van der Waals surface area (Å²) in [5.41, 5.74) is 6.97. The van der Waals surface area contributed by atoms with Crippen molar-refractivity contribution < 1.29 is 14.2 Å². The van der Waals surface area contributed by atoms with Gasteiger partial charge in [-0.25, -0.2) is 0 Å². The number of benzene rings is 3. The number of piperidine rings is 1. The van der Waals surface area contributed by atoms with Crippen molar-refractivity contribution in [3.63, 3.8) is 0 Å². The maximum absolute atomic E-state index is 6.83. The van der Waals surface area contributed by atoms with Crippen molar-refractivity contribution in [2.75, 3.05) is 27.4 Å². The van der Waals surface area contributed by atoms with E-state index in [-0.39, 0.29) is 0 Å². The summed E-state index contributed by atoms with van der Waals surface area (Å²) in [4.78, 5) is 4.81. The summed E-state index contributed by atoms with van der Waals surface area (Å²) >= 11 is 6.83. The first-order chi connectivity index (χ1) is 18.5. The van der Waals surface area contributed by atoms with E-state index in [1.807, 2.05) is 30.5 Å². The minimum absolute atomic E-state index is 0.493. The van der Waals surface area contributed by atoms with Gasteiger partial charge >= 0.3 is 0 Å². The van der Waals surface area contributed by atoms with Crippen LogP contribution in [0.5, 0.6) is 17.2 Å². The quantitative estimate of drug-likeness (QED) is 0.252. The first-order valence-electron chi connectivity index (χ1n) is 13.3. The van der Waals surface area contributed by atoms with Crippen LogP contribution in [0.1, 0.15) is 36.8 Å². The Morgan fingerprint density at radius 3 is 2.45 bits per heavy atom. The van der Waals surface area contributed by atoms with Gasteiger partial charge in [0, 0.05) is 34.3 Å². The van der Waals surface area contributed by atoms with Crippen LogP contribution < -0.4 is 19.5 Å². The highest BCUT2D eigenvalue weighted by Gasteiger charge is 2.19. The highest BCUT2D eigenvalue weighted by Crippen LogP contribution is 2.43. The van der Waals surface area contributed by atoms with Crippen LogP contribution in [0.15, 0.2) is 54.7 Å². The van der Waals surface area contributed by atoms with Crippen LogP contribution in [0.4, 0.5) is 0 Å². The maximum Gasteiger partial charge on any atom is 0.138 e. The van der Waals surface area contributed by atoms with Crippen LogP contribution >= 0.6 is 11.6 Å². The molecular formula is C32H35ClN2O3. The first-order valence-corrected chi connectivity index (χ1v) is 13.6. The molecule has 38 heavy (non-hydrogen) atoms. The molecule has 2 heterocycles. The van der Waals surface area contributed by atoms with E-state index >= 15 is 0 Å². The lowest BCUT2D eigenvalue weighted by Gasteiger charge is -2.24. The van der Waals surface area contributed by atoms with Crippen molar-refractivity contribution >= 4 is 22.5 Å². The van der Waals surface area contributed by atoms with Crippen molar-refractivity contribution in [1.82, 2.24) is 10.3 Å². The maximum atomic E-state index is 6.83. The van der Waals surface area contributed by atoms with Crippen LogP contribution in [0, 0.1) is 13.8 Å². The molecule has 1 N–H and O–H groups in total. The Balaban J connectivity index is 1.65. The van der Waals surface area contributed by atoms with Crippen LogP contribution in [-0.2, 0) is 0 Å². The number of methoxy groups -OCH3 is 2. The Labute approximate surface area is 230 Å². The molecule has 3 aromatic carbocycles. The van der Waals surface area contributed by atoms with Crippen molar-refractivity contribution in [2.45, 2.75) is 45.6 Å². The van der Waals surface area contributed by atoms with Gasteiger partial charge in [0.15, 0.2) is 0 Å². The third kappa shape index (κ3) is 5.59. The molecule has 1 fully saturated rings. The van der Waals surface area contributed by atoms with E-state index < -0.39 is 0 Å². The Morgan fingerprint density at radius 2 is 1.74 bits per heavy atom. The van der Waals surface area contributed by atoms with Crippen molar-refractivity contribution in [3.05, 3.63) is 70.9 Å². The molecule has 5 nitrogen and oxygen atoms in total. The summed E-state index contributed by atoms with van der Waals surface area (Å²) in [5.74, 6) is 2.28. The van der Waals surface area contributed by atoms with Gasteiger partial charge in [0.05, 0.1) is 31.4 Å². The second kappa shape index (κ2) is 11.6. The molecule has 1 atom stereocenters. The molecule has 0 spiro atoms. The largest absolute Gasteiger partial charge is 0.497 e. The molecule has 0 aliphatic carbocycles. The van der Waals surface area contributed by atoms with Gasteiger partial charge in [-0.3, -0.25) is 4.98 Å². The lowest BCUT2D eigenvalue weighted by atomic mass is 9.97. The van der Waals surface area contributed by atoms with Gasteiger partial charge in [-0.1, -0.05) is 47.3 Å². The fourth-order valence-electron chi connectivity index (χ4n) is 5.39. The van der Waals surface area contributed by atoms with Crippen molar-refractivity contribution in [1.29, 1.82) is 0 Å². The number of pyridine rings is 1. The highest BCUT2D eigenvalue weighted by molar-refractivity contribution is 6.34. The number of halogens is 1. The first kappa shape index (κ1) is 26.3. The minimum Gasteiger partial charge on any atom is -0.497 e. The predicted octanol–water partition coefficient (Wildman–Crippen LogP) is 7.77. The topological polar surface area (TPSA) is 52.6 Å². The van der Waals surface area contributed by atoms with Crippen molar-refractivity contribution in [3.8, 4) is 39.5 Å². The van der Waals surface area contributed by atoms with Gasteiger partial charge in [0.25, 0.3) is 0 Å². The van der Waals surface area contributed by atoms with Crippen LogP contribution in [0.25, 0.3) is 33.2 Å². The average Bonchev–Trinajstić information content (AvgIpc) is 2.92. The Kier molecular flexibility index (Phi) is 8.06. The Hall–Kier alpha value is -3.28. The van der Waals surface area contributed by atoms with E-state index in [0.717, 1.165) is 63.4 Å². The number of aromatic nitrogens is 1. The zero-order valence-electron chi connectivity index (χ0n) is 22.6. The summed E-state index contributed by atoms with van der Waals surface area (Å²) < 4.78 is 17.8. The van der Waals surface area contributed by atoms with Crippen LogP contribution in [0.3, 0.4) is 0 Å². The van der Waals surface area contributed by atoms with E-state index in [9.17, 15) is 0 Å². The standard InChI is InChI=1S/C32H35ClN2O3/c1-20-13-21(2)15-22(14-20)28-19-35-30-18-29(33)25(26-16-24(36-3)8-9-31(26)37-4)17-27(30)32(28)38-12-10-23-7-5-6-11-34-23/h8-9,13-19,23,34H,5-7,10-12H2,1-4H3. The highest BCUT2D eigenvalue weighted by atomic mass is 35.5. The summed E-state index contributed by atoms with van der Waals surface area (Å²) in [7, 11) is 3.31. The van der Waals surface area contributed by atoms with Crippen LogP contribution in [0.2, 0.25) is 5.02 Å². The van der Waals surface area contributed by atoms with Gasteiger partial charge in [0.2, 0.25) is 0 Å². The molecule has 6 heteroatoms. The zero-order valence-corrected chi connectivity index (χ0v) is 23.3. The number of ether oxygens (including phenoxy) is 3. The number of nitrogens with one attached hydrogen (secondary N) is 1. The third-order valence-corrected chi connectivity index (χ3v) is 7.57. The fourth-order valence-corrected chi connectivity index (χ4v) is 5.64. The van der Waals surface area contributed by atoms with Gasteiger partial charge in [0.1, 0.15) is 17.2 Å². The number of fused-ring (bicyclic) bond motifs is 1. The average molecular weight is 531 g/mol. The summed E-state index contributed by atoms with van der Waals surface area (Å²) in [5, 5.41) is 5.14. The molecule has 0 amide bonds. The summed E-state index contributed by atoms with van der Waals surface area (Å²) in [6, 6.07) is 16.8. The zero-order chi connectivity index (χ0) is 26.6. The molecular weight excluding hydrogens is 496 g/mol. The SMILES string of the molecule is COc1ccc(OC)c(-c2cc3c(OCCC4CCCCN4)c(-c4cc(C)cc(C)c4)cnc3cc2Cl)c1. The van der Waals surface area contributed by atoms with E-state index in [4.69, 9.17) is 30.8 Å². The Morgan fingerprint density at radius 1 is 0.921 bits per heavy atom. The molecule has 1 aliphatic rings. The lowest BCUT2D eigenvalue weighted by molar-refractivity contribution is 0.271. The number of hydrogen-bond acceptors (Lipinski definition) is 5. The molecule has 1 unspecified atom stereocenters. The summed E-state index contributed by atoms with van der Waals surface area (Å²) in [6.45, 7) is 5.94. The summed E-state index contributed by atoms with van der Waals surface area (Å²) in [6.07, 6.45) is 6.58.